The average Bonchev–Trinajstić information content (AvgIpc) is 3.63. The first-order valence-corrected chi connectivity index (χ1v) is 18.2. The number of fused-ring (bicyclic) bond motifs is 10. The van der Waals surface area contributed by atoms with Gasteiger partial charge in [-0.1, -0.05) is 133 Å². The molecule has 248 valence electrons. The molecule has 8 aromatic carbocycles. The SMILES string of the molecule is C1=Cc2cc(-c3nc(-c4ccccc4)nc(-c4ccc(-c5ccc6c7ccccc7c7ccccc7c6c5)c5oc6ccccc6c45)n3)ccc2CC1. The molecule has 4 heteroatoms. The summed E-state index contributed by atoms with van der Waals surface area (Å²) < 4.78 is 6.78. The van der Waals surface area contributed by atoms with E-state index in [1.165, 1.54) is 43.4 Å². The molecule has 0 unspecified atom stereocenters. The first-order valence-electron chi connectivity index (χ1n) is 18.2. The Balaban J connectivity index is 1.16. The fourth-order valence-electron chi connectivity index (χ4n) is 8.22. The number of nitrogens with zero attached hydrogens (tertiary/aromatic N) is 3. The van der Waals surface area contributed by atoms with Gasteiger partial charge < -0.3 is 4.42 Å². The van der Waals surface area contributed by atoms with Crippen molar-refractivity contribution in [1.82, 2.24) is 15.0 Å². The van der Waals surface area contributed by atoms with Gasteiger partial charge in [-0.05, 0) is 92.2 Å². The molecule has 0 N–H and O–H groups in total. The van der Waals surface area contributed by atoms with E-state index in [2.05, 4.69) is 133 Å². The molecular formula is C49H31N3O. The van der Waals surface area contributed by atoms with Crippen LogP contribution in [0.15, 0.2) is 162 Å². The molecule has 0 saturated heterocycles. The monoisotopic (exact) mass is 677 g/mol. The standard InChI is InChI=1S/C49H31N3O/c1-2-13-31(14-3-1)47-50-48(34-23-22-30-12-4-5-15-32(30)28-34)52-49(51-47)42-27-26-35(46-45(42)41-20-10-11-21-44(41)53-46)33-24-25-40-38-18-7-6-16-36(38)37-17-8-9-19-39(37)43(40)29-33/h1-3,5-11,13-29H,4,12H2. The van der Waals surface area contributed by atoms with E-state index in [1.807, 2.05) is 30.3 Å². The number of hydrogen-bond donors (Lipinski definition) is 0. The summed E-state index contributed by atoms with van der Waals surface area (Å²) in [6.45, 7) is 0. The smallest absolute Gasteiger partial charge is 0.164 e. The Morgan fingerprint density at radius 1 is 0.434 bits per heavy atom. The molecule has 10 aromatic rings. The summed E-state index contributed by atoms with van der Waals surface area (Å²) in [7, 11) is 0. The fraction of sp³-hybridized carbons (Fsp3) is 0.0408. The molecule has 1 aliphatic carbocycles. The molecule has 0 saturated carbocycles. The van der Waals surface area contributed by atoms with Crippen LogP contribution in [0.3, 0.4) is 0 Å². The molecule has 2 heterocycles. The number of furan rings is 1. The Labute approximate surface area is 305 Å². The lowest BCUT2D eigenvalue weighted by molar-refractivity contribution is 0.670. The molecule has 0 bridgehead atoms. The van der Waals surface area contributed by atoms with E-state index in [9.17, 15) is 0 Å². The van der Waals surface area contributed by atoms with Gasteiger partial charge in [0.15, 0.2) is 17.5 Å². The molecule has 2 aromatic heterocycles. The van der Waals surface area contributed by atoms with Gasteiger partial charge in [-0.25, -0.2) is 15.0 Å². The van der Waals surface area contributed by atoms with Gasteiger partial charge in [0.25, 0.3) is 0 Å². The summed E-state index contributed by atoms with van der Waals surface area (Å²) in [6, 6.07) is 53.5. The van der Waals surface area contributed by atoms with E-state index >= 15 is 0 Å². The Kier molecular flexibility index (Phi) is 6.65. The van der Waals surface area contributed by atoms with Crippen molar-refractivity contribution in [3.05, 3.63) is 169 Å². The van der Waals surface area contributed by atoms with Crippen LogP contribution >= 0.6 is 0 Å². The van der Waals surface area contributed by atoms with Crippen LogP contribution < -0.4 is 0 Å². The number of para-hydroxylation sites is 1. The molecule has 0 amide bonds. The van der Waals surface area contributed by atoms with Gasteiger partial charge >= 0.3 is 0 Å². The van der Waals surface area contributed by atoms with E-state index in [-0.39, 0.29) is 0 Å². The summed E-state index contributed by atoms with van der Waals surface area (Å²) in [6.07, 6.45) is 6.56. The van der Waals surface area contributed by atoms with Crippen molar-refractivity contribution >= 4 is 60.3 Å². The van der Waals surface area contributed by atoms with Gasteiger partial charge in [0.05, 0.1) is 0 Å². The molecule has 0 radical (unpaired) electrons. The van der Waals surface area contributed by atoms with Crippen LogP contribution in [-0.4, -0.2) is 15.0 Å². The van der Waals surface area contributed by atoms with Crippen molar-refractivity contribution < 1.29 is 4.42 Å². The largest absolute Gasteiger partial charge is 0.455 e. The third kappa shape index (κ3) is 4.80. The summed E-state index contributed by atoms with van der Waals surface area (Å²) in [5.74, 6) is 1.90. The van der Waals surface area contributed by atoms with Crippen LogP contribution in [0.25, 0.3) is 106 Å². The number of allylic oxidation sites excluding steroid dienone is 1. The molecule has 0 spiro atoms. The zero-order valence-corrected chi connectivity index (χ0v) is 28.8. The van der Waals surface area contributed by atoms with E-state index < -0.39 is 0 Å². The van der Waals surface area contributed by atoms with E-state index in [4.69, 9.17) is 19.4 Å². The lowest BCUT2D eigenvalue weighted by Gasteiger charge is -2.14. The second-order valence-electron chi connectivity index (χ2n) is 13.8. The lowest BCUT2D eigenvalue weighted by atomic mass is 9.91. The molecule has 0 aliphatic heterocycles. The number of rotatable bonds is 4. The first-order chi connectivity index (χ1) is 26.3. The second kappa shape index (κ2) is 11.8. The Bertz CT molecular complexity index is 3090. The zero-order valence-electron chi connectivity index (χ0n) is 28.8. The first kappa shape index (κ1) is 29.8. The summed E-state index contributed by atoms with van der Waals surface area (Å²) >= 11 is 0. The van der Waals surface area contributed by atoms with Crippen molar-refractivity contribution in [2.75, 3.05) is 0 Å². The number of aryl methyl sites for hydroxylation is 1. The highest BCUT2D eigenvalue weighted by Gasteiger charge is 2.21. The highest BCUT2D eigenvalue weighted by molar-refractivity contribution is 6.26. The predicted molar refractivity (Wildman–Crippen MR) is 219 cm³/mol. The summed E-state index contributed by atoms with van der Waals surface area (Å²) in [4.78, 5) is 15.4. The maximum Gasteiger partial charge on any atom is 0.164 e. The van der Waals surface area contributed by atoms with Crippen LogP contribution in [0.5, 0.6) is 0 Å². The quantitative estimate of drug-likeness (QED) is 0.174. The molecular weight excluding hydrogens is 647 g/mol. The average molecular weight is 678 g/mol. The molecule has 1 aliphatic rings. The fourth-order valence-corrected chi connectivity index (χ4v) is 8.22. The Morgan fingerprint density at radius 3 is 1.81 bits per heavy atom. The van der Waals surface area contributed by atoms with Crippen LogP contribution in [0.2, 0.25) is 0 Å². The maximum atomic E-state index is 6.78. The number of aromatic nitrogens is 3. The van der Waals surface area contributed by atoms with Crippen molar-refractivity contribution in [1.29, 1.82) is 0 Å². The third-order valence-corrected chi connectivity index (χ3v) is 10.8. The van der Waals surface area contributed by atoms with Crippen molar-refractivity contribution in [3.8, 4) is 45.3 Å². The highest BCUT2D eigenvalue weighted by atomic mass is 16.3. The summed E-state index contributed by atoms with van der Waals surface area (Å²) in [5.41, 5.74) is 9.15. The normalized spacial score (nSPS) is 12.7. The molecule has 0 atom stereocenters. The lowest BCUT2D eigenvalue weighted by Crippen LogP contribution is -2.01. The maximum absolute atomic E-state index is 6.78. The van der Waals surface area contributed by atoms with Crippen molar-refractivity contribution in [2.24, 2.45) is 0 Å². The van der Waals surface area contributed by atoms with Crippen LogP contribution in [0.4, 0.5) is 0 Å². The third-order valence-electron chi connectivity index (χ3n) is 10.8. The van der Waals surface area contributed by atoms with Gasteiger partial charge in [-0.15, -0.1) is 0 Å². The molecule has 0 fully saturated rings. The number of benzene rings is 8. The minimum Gasteiger partial charge on any atom is -0.455 e. The number of hydrogen-bond acceptors (Lipinski definition) is 4. The zero-order chi connectivity index (χ0) is 34.9. The van der Waals surface area contributed by atoms with Gasteiger partial charge in [0, 0.05) is 33.0 Å². The van der Waals surface area contributed by atoms with Gasteiger partial charge in [-0.3, -0.25) is 0 Å². The van der Waals surface area contributed by atoms with Crippen molar-refractivity contribution in [2.45, 2.75) is 12.8 Å². The molecule has 11 rings (SSSR count). The summed E-state index contributed by atoms with van der Waals surface area (Å²) in [5, 5.41) is 9.50. The Morgan fingerprint density at radius 2 is 1.04 bits per heavy atom. The predicted octanol–water partition coefficient (Wildman–Crippen LogP) is 12.9. The van der Waals surface area contributed by atoms with Gasteiger partial charge in [0.2, 0.25) is 0 Å². The highest BCUT2D eigenvalue weighted by Crippen LogP contribution is 2.43. The van der Waals surface area contributed by atoms with E-state index in [0.29, 0.717) is 17.5 Å². The topological polar surface area (TPSA) is 51.8 Å². The van der Waals surface area contributed by atoms with Gasteiger partial charge in [-0.2, -0.15) is 0 Å². The molecule has 53 heavy (non-hydrogen) atoms. The molecule has 4 nitrogen and oxygen atoms in total. The second-order valence-corrected chi connectivity index (χ2v) is 13.8. The Hall–Kier alpha value is -6.91. The van der Waals surface area contributed by atoms with Crippen molar-refractivity contribution in [3.63, 3.8) is 0 Å². The van der Waals surface area contributed by atoms with Crippen LogP contribution in [0, 0.1) is 0 Å². The van der Waals surface area contributed by atoms with Crippen LogP contribution in [0.1, 0.15) is 17.5 Å². The van der Waals surface area contributed by atoms with E-state index in [1.54, 1.807) is 0 Å². The van der Waals surface area contributed by atoms with E-state index in [0.717, 1.165) is 62.6 Å². The van der Waals surface area contributed by atoms with Crippen LogP contribution in [-0.2, 0) is 6.42 Å². The minimum atomic E-state index is 0.612. The van der Waals surface area contributed by atoms with Gasteiger partial charge in [0.1, 0.15) is 11.2 Å². The minimum absolute atomic E-state index is 0.612.